The van der Waals surface area contributed by atoms with Crippen LogP contribution < -0.4 is 5.73 Å². The summed E-state index contributed by atoms with van der Waals surface area (Å²) in [6.07, 6.45) is 4.27. The molecule has 0 aliphatic heterocycles. The van der Waals surface area contributed by atoms with Gasteiger partial charge in [0.25, 0.3) is 0 Å². The Balaban J connectivity index is 2.01. The van der Waals surface area contributed by atoms with Gasteiger partial charge in [0.05, 0.1) is 16.7 Å². The normalized spacial score (nSPS) is 19.9. The minimum Gasteiger partial charge on any atom is -0.458 e. The van der Waals surface area contributed by atoms with Gasteiger partial charge >= 0.3 is 0 Å². The SMILES string of the molecule is COC1(C(N)c2cc3cccc(Cl)c3o2)CCCC1. The van der Waals surface area contributed by atoms with Gasteiger partial charge < -0.3 is 14.9 Å². The molecule has 4 heteroatoms. The number of rotatable bonds is 3. The highest BCUT2D eigenvalue weighted by Gasteiger charge is 2.42. The molecule has 1 fully saturated rings. The predicted octanol–water partition coefficient (Wildman–Crippen LogP) is 4.05. The van der Waals surface area contributed by atoms with Crippen LogP contribution in [-0.4, -0.2) is 12.7 Å². The van der Waals surface area contributed by atoms with Crippen LogP contribution >= 0.6 is 11.6 Å². The molecule has 0 radical (unpaired) electrons. The number of halogens is 1. The summed E-state index contributed by atoms with van der Waals surface area (Å²) >= 11 is 6.14. The van der Waals surface area contributed by atoms with E-state index in [9.17, 15) is 0 Å². The standard InChI is InChI=1S/C15H18ClNO2/c1-18-15(7-2-3-8-15)14(17)12-9-10-5-4-6-11(16)13(10)19-12/h4-6,9,14H,2-3,7-8,17H2,1H3. The van der Waals surface area contributed by atoms with Gasteiger partial charge in [-0.25, -0.2) is 0 Å². The molecule has 2 aromatic rings. The van der Waals surface area contributed by atoms with Crippen LogP contribution in [0.1, 0.15) is 37.5 Å². The summed E-state index contributed by atoms with van der Waals surface area (Å²) in [5.41, 5.74) is 6.81. The van der Waals surface area contributed by atoms with Crippen molar-refractivity contribution in [3.63, 3.8) is 0 Å². The monoisotopic (exact) mass is 279 g/mol. The van der Waals surface area contributed by atoms with Crippen molar-refractivity contribution in [3.8, 4) is 0 Å². The maximum Gasteiger partial charge on any atom is 0.152 e. The van der Waals surface area contributed by atoms with E-state index in [-0.39, 0.29) is 11.6 Å². The Morgan fingerprint density at radius 3 is 2.74 bits per heavy atom. The van der Waals surface area contributed by atoms with Gasteiger partial charge in [-0.2, -0.15) is 0 Å². The topological polar surface area (TPSA) is 48.4 Å². The van der Waals surface area contributed by atoms with Crippen molar-refractivity contribution >= 4 is 22.6 Å². The van der Waals surface area contributed by atoms with Crippen LogP contribution in [0.25, 0.3) is 11.0 Å². The molecule has 0 amide bonds. The van der Waals surface area contributed by atoms with Crippen molar-refractivity contribution in [1.82, 2.24) is 0 Å². The third-order valence-corrected chi connectivity index (χ3v) is 4.54. The lowest BCUT2D eigenvalue weighted by atomic mass is 9.91. The molecule has 2 N–H and O–H groups in total. The van der Waals surface area contributed by atoms with Crippen LogP contribution in [0.2, 0.25) is 5.02 Å². The number of hydrogen-bond acceptors (Lipinski definition) is 3. The van der Waals surface area contributed by atoms with Crippen molar-refractivity contribution in [2.24, 2.45) is 5.73 Å². The fourth-order valence-corrected chi connectivity index (χ4v) is 3.30. The Kier molecular flexibility index (Phi) is 3.29. The highest BCUT2D eigenvalue weighted by molar-refractivity contribution is 6.34. The summed E-state index contributed by atoms with van der Waals surface area (Å²) in [7, 11) is 1.74. The number of hydrogen-bond donors (Lipinski definition) is 1. The van der Waals surface area contributed by atoms with E-state index >= 15 is 0 Å². The zero-order valence-electron chi connectivity index (χ0n) is 11.0. The molecule has 3 nitrogen and oxygen atoms in total. The molecule has 1 saturated carbocycles. The smallest absolute Gasteiger partial charge is 0.152 e. The van der Waals surface area contributed by atoms with Crippen LogP contribution in [0.15, 0.2) is 28.7 Å². The number of para-hydroxylation sites is 1. The Hall–Kier alpha value is -1.03. The summed E-state index contributed by atoms with van der Waals surface area (Å²) in [4.78, 5) is 0. The highest BCUT2D eigenvalue weighted by Crippen LogP contribution is 2.42. The van der Waals surface area contributed by atoms with Crippen molar-refractivity contribution in [2.45, 2.75) is 37.3 Å². The van der Waals surface area contributed by atoms with Gasteiger partial charge in [0.15, 0.2) is 5.58 Å². The summed E-state index contributed by atoms with van der Waals surface area (Å²) < 4.78 is 11.6. The van der Waals surface area contributed by atoms with Gasteiger partial charge in [-0.3, -0.25) is 0 Å². The lowest BCUT2D eigenvalue weighted by Crippen LogP contribution is -2.40. The van der Waals surface area contributed by atoms with Crippen molar-refractivity contribution in [3.05, 3.63) is 35.0 Å². The van der Waals surface area contributed by atoms with Crippen LogP contribution in [0.5, 0.6) is 0 Å². The molecule has 1 aromatic carbocycles. The number of fused-ring (bicyclic) bond motifs is 1. The van der Waals surface area contributed by atoms with Crippen LogP contribution in [0.4, 0.5) is 0 Å². The molecule has 1 unspecified atom stereocenters. The summed E-state index contributed by atoms with van der Waals surface area (Å²) in [5.74, 6) is 0.756. The molecule has 1 aliphatic carbocycles. The number of ether oxygens (including phenoxy) is 1. The van der Waals surface area contributed by atoms with E-state index in [1.54, 1.807) is 7.11 Å². The van der Waals surface area contributed by atoms with Gasteiger partial charge in [0.2, 0.25) is 0 Å². The second-order valence-electron chi connectivity index (χ2n) is 5.26. The largest absolute Gasteiger partial charge is 0.458 e. The lowest BCUT2D eigenvalue weighted by Gasteiger charge is -2.32. The molecule has 1 aliphatic rings. The van der Waals surface area contributed by atoms with E-state index in [1.807, 2.05) is 24.3 Å². The van der Waals surface area contributed by atoms with E-state index in [0.717, 1.165) is 36.8 Å². The number of nitrogens with two attached hydrogens (primary N) is 1. The first-order valence-electron chi connectivity index (χ1n) is 6.65. The van der Waals surface area contributed by atoms with Crippen LogP contribution in [0.3, 0.4) is 0 Å². The van der Waals surface area contributed by atoms with Gasteiger partial charge in [0.1, 0.15) is 5.76 Å². The van der Waals surface area contributed by atoms with Crippen molar-refractivity contribution in [2.75, 3.05) is 7.11 Å². The minimum absolute atomic E-state index is 0.247. The molecule has 0 bridgehead atoms. The Bertz CT molecular complexity index is 587. The number of methoxy groups -OCH3 is 1. The molecule has 1 heterocycles. The van der Waals surface area contributed by atoms with E-state index in [1.165, 1.54) is 0 Å². The number of benzene rings is 1. The summed E-state index contributed by atoms with van der Waals surface area (Å²) in [6.45, 7) is 0. The maximum absolute atomic E-state index is 6.40. The zero-order chi connectivity index (χ0) is 13.5. The third-order valence-electron chi connectivity index (χ3n) is 4.24. The van der Waals surface area contributed by atoms with E-state index in [0.29, 0.717) is 10.6 Å². The van der Waals surface area contributed by atoms with Gasteiger partial charge in [-0.05, 0) is 25.0 Å². The molecule has 3 rings (SSSR count). The average molecular weight is 280 g/mol. The Morgan fingerprint density at radius 2 is 2.11 bits per heavy atom. The van der Waals surface area contributed by atoms with E-state index in [2.05, 4.69) is 0 Å². The lowest BCUT2D eigenvalue weighted by molar-refractivity contribution is -0.0309. The minimum atomic E-state index is -0.291. The first-order valence-corrected chi connectivity index (χ1v) is 7.03. The number of furan rings is 1. The van der Waals surface area contributed by atoms with Crippen molar-refractivity contribution in [1.29, 1.82) is 0 Å². The molecule has 1 aromatic heterocycles. The predicted molar refractivity (Wildman–Crippen MR) is 76.4 cm³/mol. The van der Waals surface area contributed by atoms with Crippen LogP contribution in [-0.2, 0) is 4.74 Å². The first kappa shape index (κ1) is 13.0. The van der Waals surface area contributed by atoms with Gasteiger partial charge in [-0.1, -0.05) is 36.6 Å². The first-order chi connectivity index (χ1) is 9.16. The maximum atomic E-state index is 6.40. The molecule has 0 saturated heterocycles. The zero-order valence-corrected chi connectivity index (χ0v) is 11.7. The van der Waals surface area contributed by atoms with Crippen molar-refractivity contribution < 1.29 is 9.15 Å². The summed E-state index contributed by atoms with van der Waals surface area (Å²) in [6, 6.07) is 7.45. The second-order valence-corrected chi connectivity index (χ2v) is 5.67. The van der Waals surface area contributed by atoms with Gasteiger partial charge in [-0.15, -0.1) is 0 Å². The quantitative estimate of drug-likeness (QED) is 0.922. The summed E-state index contributed by atoms with van der Waals surface area (Å²) in [5, 5.41) is 1.61. The van der Waals surface area contributed by atoms with Crippen LogP contribution in [0, 0.1) is 0 Å². The fraction of sp³-hybridized carbons (Fsp3) is 0.467. The second kappa shape index (κ2) is 4.82. The van der Waals surface area contributed by atoms with E-state index < -0.39 is 0 Å². The van der Waals surface area contributed by atoms with E-state index in [4.69, 9.17) is 26.5 Å². The molecule has 102 valence electrons. The molecule has 0 spiro atoms. The molecule has 1 atom stereocenters. The fourth-order valence-electron chi connectivity index (χ4n) is 3.08. The average Bonchev–Trinajstić information content (AvgIpc) is 3.06. The highest BCUT2D eigenvalue weighted by atomic mass is 35.5. The molecule has 19 heavy (non-hydrogen) atoms. The Labute approximate surface area is 117 Å². The Morgan fingerprint density at radius 1 is 1.37 bits per heavy atom. The third kappa shape index (κ3) is 2.06. The molecular weight excluding hydrogens is 262 g/mol. The van der Waals surface area contributed by atoms with Gasteiger partial charge in [0, 0.05) is 12.5 Å². The molecular formula is C15H18ClNO2.